The molecule has 27 heavy (non-hydrogen) atoms. The van der Waals surface area contributed by atoms with E-state index in [1.807, 2.05) is 32.2 Å². The van der Waals surface area contributed by atoms with Crippen molar-refractivity contribution in [3.63, 3.8) is 0 Å². The van der Waals surface area contributed by atoms with Gasteiger partial charge in [0.15, 0.2) is 5.96 Å². The van der Waals surface area contributed by atoms with Crippen molar-refractivity contribution in [2.24, 2.45) is 12.0 Å². The average Bonchev–Trinajstić information content (AvgIpc) is 3.15. The van der Waals surface area contributed by atoms with Crippen molar-refractivity contribution >= 4 is 17.0 Å². The molecule has 2 N–H and O–H groups in total. The molecule has 0 radical (unpaired) electrons. The van der Waals surface area contributed by atoms with E-state index in [9.17, 15) is 0 Å². The van der Waals surface area contributed by atoms with Crippen LogP contribution >= 0.6 is 0 Å². The van der Waals surface area contributed by atoms with Gasteiger partial charge in [0.2, 0.25) is 0 Å². The summed E-state index contributed by atoms with van der Waals surface area (Å²) >= 11 is 0. The minimum absolute atomic E-state index is 0.540. The molecule has 0 fully saturated rings. The zero-order chi connectivity index (χ0) is 19.2. The van der Waals surface area contributed by atoms with E-state index >= 15 is 0 Å². The maximum absolute atomic E-state index is 4.69. The van der Waals surface area contributed by atoms with Gasteiger partial charge in [-0.15, -0.1) is 0 Å². The van der Waals surface area contributed by atoms with Crippen LogP contribution in [0.25, 0.3) is 11.0 Å². The van der Waals surface area contributed by atoms with Crippen molar-refractivity contribution in [2.45, 2.75) is 40.3 Å². The Hall–Kier alpha value is -2.83. The van der Waals surface area contributed by atoms with Gasteiger partial charge < -0.3 is 15.2 Å². The molecule has 0 bridgehead atoms. The fourth-order valence-electron chi connectivity index (χ4n) is 3.17. The molecular formula is C20H29N7. The fourth-order valence-corrected chi connectivity index (χ4v) is 3.17. The number of imidazole rings is 1. The zero-order valence-electron chi connectivity index (χ0n) is 16.7. The Kier molecular flexibility index (Phi) is 6.11. The first-order valence-corrected chi connectivity index (χ1v) is 9.52. The second-order valence-electron chi connectivity index (χ2n) is 6.70. The van der Waals surface area contributed by atoms with Gasteiger partial charge in [0.25, 0.3) is 0 Å². The van der Waals surface area contributed by atoms with Crippen LogP contribution in [0.15, 0.2) is 35.3 Å². The third-order valence-electron chi connectivity index (χ3n) is 4.55. The van der Waals surface area contributed by atoms with E-state index in [-0.39, 0.29) is 0 Å². The number of aryl methyl sites for hydroxylation is 4. The summed E-state index contributed by atoms with van der Waals surface area (Å²) < 4.78 is 4.16. The van der Waals surface area contributed by atoms with E-state index in [4.69, 9.17) is 4.99 Å². The van der Waals surface area contributed by atoms with Gasteiger partial charge in [-0.1, -0.05) is 12.1 Å². The average molecular weight is 368 g/mol. The molecule has 3 rings (SSSR count). The number of hydrogen-bond acceptors (Lipinski definition) is 3. The van der Waals surface area contributed by atoms with Crippen molar-refractivity contribution in [1.82, 2.24) is 30.0 Å². The summed E-state index contributed by atoms with van der Waals surface area (Å²) in [7, 11) is 2.04. The molecule has 7 nitrogen and oxygen atoms in total. The van der Waals surface area contributed by atoms with Crippen LogP contribution in [0.4, 0.5) is 0 Å². The number of rotatable bonds is 7. The van der Waals surface area contributed by atoms with Crippen molar-refractivity contribution in [3.8, 4) is 0 Å². The molecule has 0 aliphatic carbocycles. The molecule has 2 heterocycles. The van der Waals surface area contributed by atoms with Gasteiger partial charge in [-0.2, -0.15) is 5.10 Å². The highest BCUT2D eigenvalue weighted by Crippen LogP contribution is 2.14. The molecule has 7 heteroatoms. The Balaban J connectivity index is 1.57. The number of aromatic nitrogens is 4. The van der Waals surface area contributed by atoms with Gasteiger partial charge in [0, 0.05) is 32.4 Å². The van der Waals surface area contributed by atoms with Crippen molar-refractivity contribution in [2.75, 3.05) is 13.1 Å². The largest absolute Gasteiger partial charge is 0.357 e. The molecule has 144 valence electrons. The van der Waals surface area contributed by atoms with Crippen LogP contribution in [-0.2, 0) is 20.1 Å². The number of nitrogens with one attached hydrogen (secondary N) is 2. The maximum Gasteiger partial charge on any atom is 0.191 e. The smallest absolute Gasteiger partial charge is 0.191 e. The Bertz CT molecular complexity index is 920. The van der Waals surface area contributed by atoms with Gasteiger partial charge >= 0.3 is 0 Å². The minimum Gasteiger partial charge on any atom is -0.357 e. The van der Waals surface area contributed by atoms with E-state index in [0.29, 0.717) is 6.54 Å². The van der Waals surface area contributed by atoms with Crippen LogP contribution < -0.4 is 10.6 Å². The molecule has 0 saturated carbocycles. The number of para-hydroxylation sites is 2. The van der Waals surface area contributed by atoms with Crippen molar-refractivity contribution in [3.05, 3.63) is 47.5 Å². The SMILES string of the molecule is CCNC(=NCc1nc2ccccc2n1C)NCCCn1nc(C)cc1C. The summed E-state index contributed by atoms with van der Waals surface area (Å²) in [4.78, 5) is 9.38. The molecule has 0 saturated heterocycles. The number of aliphatic imine (C=N–C) groups is 1. The van der Waals surface area contributed by atoms with Gasteiger partial charge in [-0.25, -0.2) is 9.98 Å². The Morgan fingerprint density at radius 2 is 2.00 bits per heavy atom. The number of guanidine groups is 1. The van der Waals surface area contributed by atoms with Gasteiger partial charge in [-0.05, 0) is 45.4 Å². The summed E-state index contributed by atoms with van der Waals surface area (Å²) in [5.74, 6) is 1.77. The lowest BCUT2D eigenvalue weighted by atomic mass is 10.3. The van der Waals surface area contributed by atoms with E-state index in [1.165, 1.54) is 5.69 Å². The molecule has 0 atom stereocenters. The molecule has 0 aliphatic rings. The monoisotopic (exact) mass is 367 g/mol. The minimum atomic E-state index is 0.540. The number of fused-ring (bicyclic) bond motifs is 1. The van der Waals surface area contributed by atoms with Crippen LogP contribution in [0.2, 0.25) is 0 Å². The van der Waals surface area contributed by atoms with Gasteiger partial charge in [0.1, 0.15) is 12.4 Å². The highest BCUT2D eigenvalue weighted by molar-refractivity contribution is 5.80. The molecular weight excluding hydrogens is 338 g/mol. The van der Waals surface area contributed by atoms with E-state index < -0.39 is 0 Å². The lowest BCUT2D eigenvalue weighted by Crippen LogP contribution is -2.38. The van der Waals surface area contributed by atoms with Crippen LogP contribution in [0.3, 0.4) is 0 Å². The predicted molar refractivity (Wildman–Crippen MR) is 110 cm³/mol. The topological polar surface area (TPSA) is 72.1 Å². The van der Waals surface area contributed by atoms with Crippen LogP contribution in [0.1, 0.15) is 30.6 Å². The summed E-state index contributed by atoms with van der Waals surface area (Å²) in [6.07, 6.45) is 0.985. The van der Waals surface area contributed by atoms with Crippen molar-refractivity contribution in [1.29, 1.82) is 0 Å². The summed E-state index contributed by atoms with van der Waals surface area (Å²) in [6, 6.07) is 10.3. The zero-order valence-corrected chi connectivity index (χ0v) is 16.7. The molecule has 0 spiro atoms. The third kappa shape index (κ3) is 4.67. The summed E-state index contributed by atoms with van der Waals surface area (Å²) in [5.41, 5.74) is 4.41. The third-order valence-corrected chi connectivity index (χ3v) is 4.55. The second-order valence-corrected chi connectivity index (χ2v) is 6.70. The van der Waals surface area contributed by atoms with E-state index in [2.05, 4.69) is 55.9 Å². The lowest BCUT2D eigenvalue weighted by Gasteiger charge is -2.11. The quantitative estimate of drug-likeness (QED) is 0.382. The lowest BCUT2D eigenvalue weighted by molar-refractivity contribution is 0.555. The first kappa shape index (κ1) is 18.9. The number of benzene rings is 1. The van der Waals surface area contributed by atoms with E-state index in [1.54, 1.807) is 0 Å². The second kappa shape index (κ2) is 8.70. The van der Waals surface area contributed by atoms with Crippen LogP contribution in [-0.4, -0.2) is 38.4 Å². The van der Waals surface area contributed by atoms with Crippen LogP contribution in [0, 0.1) is 13.8 Å². The molecule has 0 amide bonds. The van der Waals surface area contributed by atoms with E-state index in [0.717, 1.165) is 54.6 Å². The van der Waals surface area contributed by atoms with Gasteiger partial charge in [-0.3, -0.25) is 4.68 Å². The number of nitrogens with zero attached hydrogens (tertiary/aromatic N) is 5. The summed E-state index contributed by atoms with van der Waals surface area (Å²) in [6.45, 7) is 9.30. The summed E-state index contributed by atoms with van der Waals surface area (Å²) in [5, 5.41) is 11.2. The fraction of sp³-hybridized carbons (Fsp3) is 0.450. The standard InChI is InChI=1S/C20H29N7/c1-5-21-20(22-11-8-12-27-16(3)13-15(2)25-27)23-14-19-24-17-9-6-7-10-18(17)26(19)4/h6-7,9-10,13H,5,8,11-12,14H2,1-4H3,(H2,21,22,23). The number of hydrogen-bond donors (Lipinski definition) is 2. The maximum atomic E-state index is 4.69. The first-order chi connectivity index (χ1) is 13.1. The molecule has 2 aromatic heterocycles. The van der Waals surface area contributed by atoms with Crippen molar-refractivity contribution < 1.29 is 0 Å². The molecule has 0 unspecified atom stereocenters. The highest BCUT2D eigenvalue weighted by atomic mass is 15.3. The molecule has 0 aliphatic heterocycles. The van der Waals surface area contributed by atoms with Gasteiger partial charge in [0.05, 0.1) is 16.7 Å². The Morgan fingerprint density at radius 3 is 2.70 bits per heavy atom. The first-order valence-electron chi connectivity index (χ1n) is 9.52. The van der Waals surface area contributed by atoms with Crippen LogP contribution in [0.5, 0.6) is 0 Å². The molecule has 3 aromatic rings. The predicted octanol–water partition coefficient (Wildman–Crippen LogP) is 2.53. The molecule has 1 aromatic carbocycles. The normalized spacial score (nSPS) is 11.9. The Labute approximate surface area is 160 Å². The Morgan fingerprint density at radius 1 is 1.19 bits per heavy atom. The highest BCUT2D eigenvalue weighted by Gasteiger charge is 2.07.